The number of hydrogen-bond donors (Lipinski definition) is 1. The van der Waals surface area contributed by atoms with Crippen molar-refractivity contribution in [3.05, 3.63) is 52.7 Å². The molecule has 0 saturated carbocycles. The minimum atomic E-state index is 0.492. The van der Waals surface area contributed by atoms with E-state index in [0.29, 0.717) is 12.0 Å². The lowest BCUT2D eigenvalue weighted by Gasteiger charge is -2.30. The first-order valence-corrected chi connectivity index (χ1v) is 7.24. The molecule has 2 atom stereocenters. The Bertz CT molecular complexity index is 669. The topological polar surface area (TPSA) is 42.2 Å². The van der Waals surface area contributed by atoms with Gasteiger partial charge in [-0.2, -0.15) is 0 Å². The van der Waals surface area contributed by atoms with Crippen molar-refractivity contribution in [3.8, 4) is 0 Å². The molecule has 1 saturated heterocycles. The third-order valence-corrected chi connectivity index (χ3v) is 4.83. The number of pyridine rings is 1. The molecule has 2 aliphatic rings. The first-order chi connectivity index (χ1) is 9.65. The molecule has 1 aromatic carbocycles. The van der Waals surface area contributed by atoms with Crippen molar-refractivity contribution < 1.29 is 0 Å². The molecule has 4 rings (SSSR count). The number of nitrogen functional groups attached to an aromatic ring is 1. The van der Waals surface area contributed by atoms with Crippen molar-refractivity contribution in [2.75, 3.05) is 17.2 Å². The maximum Gasteiger partial charge on any atom is 0.129 e. The van der Waals surface area contributed by atoms with Gasteiger partial charge in [0.25, 0.3) is 0 Å². The average Bonchev–Trinajstić information content (AvgIpc) is 3.03. The molecule has 1 aromatic heterocycles. The van der Waals surface area contributed by atoms with Gasteiger partial charge >= 0.3 is 0 Å². The van der Waals surface area contributed by atoms with Crippen molar-refractivity contribution in [1.29, 1.82) is 0 Å². The number of aryl methyl sites for hydroxylation is 2. The highest BCUT2D eigenvalue weighted by Crippen LogP contribution is 2.51. The van der Waals surface area contributed by atoms with Crippen molar-refractivity contribution in [2.45, 2.75) is 32.2 Å². The molecule has 1 aliphatic carbocycles. The molecule has 2 bridgehead atoms. The van der Waals surface area contributed by atoms with Crippen LogP contribution in [-0.2, 0) is 0 Å². The number of nitrogens with zero attached hydrogens (tertiary/aromatic N) is 2. The molecular formula is C17H19N3. The second kappa shape index (κ2) is 3.98. The first kappa shape index (κ1) is 11.8. The van der Waals surface area contributed by atoms with Crippen molar-refractivity contribution in [3.63, 3.8) is 0 Å². The van der Waals surface area contributed by atoms with Gasteiger partial charge in [0.1, 0.15) is 5.82 Å². The third kappa shape index (κ3) is 1.49. The van der Waals surface area contributed by atoms with Crippen LogP contribution in [-0.4, -0.2) is 11.5 Å². The molecule has 0 amide bonds. The highest BCUT2D eigenvalue weighted by Gasteiger charge is 2.42. The smallest absolute Gasteiger partial charge is 0.129 e. The van der Waals surface area contributed by atoms with Gasteiger partial charge < -0.3 is 10.6 Å². The summed E-state index contributed by atoms with van der Waals surface area (Å²) in [5.74, 6) is 1.74. The summed E-state index contributed by atoms with van der Waals surface area (Å²) in [5, 5.41) is 0. The Morgan fingerprint density at radius 1 is 1.20 bits per heavy atom. The predicted molar refractivity (Wildman–Crippen MR) is 82.0 cm³/mol. The molecule has 3 nitrogen and oxygen atoms in total. The van der Waals surface area contributed by atoms with Gasteiger partial charge in [0.15, 0.2) is 0 Å². The largest absolute Gasteiger partial charge is 0.397 e. The summed E-state index contributed by atoms with van der Waals surface area (Å²) >= 11 is 0. The zero-order valence-corrected chi connectivity index (χ0v) is 11.9. The SMILES string of the molecule is Cc1cc(N2CC3CC2c2ccccc23)nc(C)c1N. The van der Waals surface area contributed by atoms with E-state index in [4.69, 9.17) is 10.7 Å². The van der Waals surface area contributed by atoms with Gasteiger partial charge in [-0.1, -0.05) is 24.3 Å². The number of benzene rings is 1. The van der Waals surface area contributed by atoms with Gasteiger partial charge in [0.05, 0.1) is 17.4 Å². The van der Waals surface area contributed by atoms with Gasteiger partial charge in [0, 0.05) is 12.5 Å². The predicted octanol–water partition coefficient (Wildman–Crippen LogP) is 3.33. The lowest BCUT2D eigenvalue weighted by atomic mass is 9.99. The number of anilines is 2. The van der Waals surface area contributed by atoms with Gasteiger partial charge in [-0.3, -0.25) is 0 Å². The molecule has 2 unspecified atom stereocenters. The van der Waals surface area contributed by atoms with E-state index in [9.17, 15) is 0 Å². The van der Waals surface area contributed by atoms with Crippen LogP contribution in [0.2, 0.25) is 0 Å². The Morgan fingerprint density at radius 2 is 1.95 bits per heavy atom. The summed E-state index contributed by atoms with van der Waals surface area (Å²) in [6.45, 7) is 5.14. The fraction of sp³-hybridized carbons (Fsp3) is 0.353. The van der Waals surface area contributed by atoms with E-state index in [1.54, 1.807) is 0 Å². The lowest BCUT2D eigenvalue weighted by molar-refractivity contribution is 0.728. The summed E-state index contributed by atoms with van der Waals surface area (Å²) in [7, 11) is 0. The van der Waals surface area contributed by atoms with E-state index in [1.165, 1.54) is 17.5 Å². The van der Waals surface area contributed by atoms with Gasteiger partial charge in [-0.05, 0) is 43.0 Å². The summed E-state index contributed by atoms with van der Waals surface area (Å²) in [6.07, 6.45) is 1.23. The second-order valence-corrected chi connectivity index (χ2v) is 6.03. The monoisotopic (exact) mass is 265 g/mol. The summed E-state index contributed by atoms with van der Waals surface area (Å²) < 4.78 is 0. The standard InChI is InChI=1S/C17H19N3/c1-10-7-16(19-11(2)17(10)18)20-9-12-8-15(20)14-6-4-3-5-13(12)14/h3-7,12,15H,8-9,18H2,1-2H3. The molecule has 1 aliphatic heterocycles. The number of nitrogens with two attached hydrogens (primary N) is 1. The molecule has 102 valence electrons. The van der Waals surface area contributed by atoms with Crippen LogP contribution >= 0.6 is 0 Å². The molecule has 2 aromatic rings. The molecule has 0 spiro atoms. The molecule has 0 radical (unpaired) electrons. The summed E-state index contributed by atoms with van der Waals surface area (Å²) in [4.78, 5) is 7.16. The number of rotatable bonds is 1. The van der Waals surface area contributed by atoms with Crippen LogP contribution in [0.25, 0.3) is 0 Å². The van der Waals surface area contributed by atoms with E-state index in [0.717, 1.165) is 29.3 Å². The maximum absolute atomic E-state index is 6.02. The highest BCUT2D eigenvalue weighted by atomic mass is 15.2. The fourth-order valence-electron chi connectivity index (χ4n) is 3.76. The third-order valence-electron chi connectivity index (χ3n) is 4.83. The Balaban J connectivity index is 1.77. The molecule has 2 heterocycles. The Morgan fingerprint density at radius 3 is 2.70 bits per heavy atom. The van der Waals surface area contributed by atoms with E-state index >= 15 is 0 Å². The molecular weight excluding hydrogens is 246 g/mol. The zero-order valence-electron chi connectivity index (χ0n) is 11.9. The van der Waals surface area contributed by atoms with E-state index in [-0.39, 0.29) is 0 Å². The lowest BCUT2D eigenvalue weighted by Crippen LogP contribution is -2.28. The van der Waals surface area contributed by atoms with Crippen LogP contribution < -0.4 is 10.6 Å². The average molecular weight is 265 g/mol. The van der Waals surface area contributed by atoms with E-state index in [2.05, 4.69) is 42.2 Å². The normalized spacial score (nSPS) is 23.2. The molecule has 3 heteroatoms. The highest BCUT2D eigenvalue weighted by molar-refractivity contribution is 5.60. The van der Waals surface area contributed by atoms with Crippen LogP contribution in [0.5, 0.6) is 0 Å². The quantitative estimate of drug-likeness (QED) is 0.860. The number of aromatic nitrogens is 1. The zero-order chi connectivity index (χ0) is 13.9. The Labute approximate surface area is 119 Å². The summed E-state index contributed by atoms with van der Waals surface area (Å²) in [5.41, 5.74) is 11.9. The van der Waals surface area contributed by atoms with Crippen LogP contribution in [0.15, 0.2) is 30.3 Å². The van der Waals surface area contributed by atoms with Gasteiger partial charge in [0.2, 0.25) is 0 Å². The van der Waals surface area contributed by atoms with Gasteiger partial charge in [-0.25, -0.2) is 4.98 Å². The Hall–Kier alpha value is -2.03. The van der Waals surface area contributed by atoms with Crippen molar-refractivity contribution >= 4 is 11.5 Å². The van der Waals surface area contributed by atoms with Crippen LogP contribution in [0.1, 0.15) is 40.8 Å². The molecule has 2 N–H and O–H groups in total. The first-order valence-electron chi connectivity index (χ1n) is 7.24. The Kier molecular flexibility index (Phi) is 2.34. The van der Waals surface area contributed by atoms with E-state index in [1.807, 2.05) is 6.92 Å². The molecule has 20 heavy (non-hydrogen) atoms. The van der Waals surface area contributed by atoms with Gasteiger partial charge in [-0.15, -0.1) is 0 Å². The maximum atomic E-state index is 6.02. The van der Waals surface area contributed by atoms with E-state index < -0.39 is 0 Å². The number of fused-ring (bicyclic) bond motifs is 5. The summed E-state index contributed by atoms with van der Waals surface area (Å²) in [6, 6.07) is 11.5. The second-order valence-electron chi connectivity index (χ2n) is 6.03. The van der Waals surface area contributed by atoms with Crippen molar-refractivity contribution in [1.82, 2.24) is 4.98 Å². The van der Waals surface area contributed by atoms with Crippen LogP contribution in [0.4, 0.5) is 11.5 Å². The molecule has 1 fully saturated rings. The van der Waals surface area contributed by atoms with Crippen LogP contribution in [0, 0.1) is 13.8 Å². The van der Waals surface area contributed by atoms with Crippen molar-refractivity contribution in [2.24, 2.45) is 0 Å². The minimum absolute atomic E-state index is 0.492. The fourth-order valence-corrected chi connectivity index (χ4v) is 3.76. The van der Waals surface area contributed by atoms with Crippen LogP contribution in [0.3, 0.4) is 0 Å². The minimum Gasteiger partial charge on any atom is -0.397 e. The number of hydrogen-bond acceptors (Lipinski definition) is 3.